The molecule has 7 heteroatoms. The Kier molecular flexibility index (Phi) is 5.93. The van der Waals surface area contributed by atoms with Gasteiger partial charge in [0.05, 0.1) is 29.8 Å². The molecule has 0 radical (unpaired) electrons. The van der Waals surface area contributed by atoms with Gasteiger partial charge in [0, 0.05) is 12.6 Å². The second kappa shape index (κ2) is 8.37. The van der Waals surface area contributed by atoms with Crippen molar-refractivity contribution in [1.82, 2.24) is 9.46 Å². The summed E-state index contributed by atoms with van der Waals surface area (Å²) in [7, 11) is -2.01. The highest BCUT2D eigenvalue weighted by Gasteiger charge is 2.25. The van der Waals surface area contributed by atoms with Crippen LogP contribution >= 0.6 is 0 Å². The third kappa shape index (κ3) is 4.20. The summed E-state index contributed by atoms with van der Waals surface area (Å²) in [5.41, 5.74) is 1.32. The van der Waals surface area contributed by atoms with E-state index in [0.29, 0.717) is 30.2 Å². The molecule has 0 atom stereocenters. The van der Waals surface area contributed by atoms with E-state index in [4.69, 9.17) is 9.26 Å². The first-order valence-electron chi connectivity index (χ1n) is 8.70. The molecule has 0 saturated heterocycles. The number of hydrogen-bond donors (Lipinski definition) is 0. The van der Waals surface area contributed by atoms with E-state index in [9.17, 15) is 8.42 Å². The Morgan fingerprint density at radius 1 is 1.07 bits per heavy atom. The smallest absolute Gasteiger partial charge is 0.243 e. The van der Waals surface area contributed by atoms with Crippen molar-refractivity contribution in [2.24, 2.45) is 0 Å². The van der Waals surface area contributed by atoms with Crippen LogP contribution in [0, 0.1) is 0 Å². The summed E-state index contributed by atoms with van der Waals surface area (Å²) in [6, 6.07) is 17.6. The summed E-state index contributed by atoms with van der Waals surface area (Å²) in [6.45, 7) is 2.48. The Hall–Kier alpha value is -2.64. The molecule has 0 spiro atoms. The van der Waals surface area contributed by atoms with Gasteiger partial charge >= 0.3 is 0 Å². The van der Waals surface area contributed by atoms with Crippen LogP contribution in [0.3, 0.4) is 0 Å². The van der Waals surface area contributed by atoms with Gasteiger partial charge < -0.3 is 9.26 Å². The lowest BCUT2D eigenvalue weighted by molar-refractivity contribution is 0.374. The maximum absolute atomic E-state index is 13.0. The fraction of sp³-hybridized carbons (Fsp3) is 0.250. The molecule has 1 heterocycles. The fourth-order valence-electron chi connectivity index (χ4n) is 2.82. The molecule has 6 nitrogen and oxygen atoms in total. The van der Waals surface area contributed by atoms with Crippen LogP contribution in [0.25, 0.3) is 11.3 Å². The van der Waals surface area contributed by atoms with Gasteiger partial charge in [-0.15, -0.1) is 0 Å². The zero-order chi connectivity index (χ0) is 19.3. The molecule has 0 bridgehead atoms. The van der Waals surface area contributed by atoms with E-state index >= 15 is 0 Å². The van der Waals surface area contributed by atoms with Gasteiger partial charge in [0.15, 0.2) is 5.76 Å². The van der Waals surface area contributed by atoms with E-state index in [2.05, 4.69) is 5.16 Å². The minimum atomic E-state index is -3.60. The molecule has 142 valence electrons. The summed E-state index contributed by atoms with van der Waals surface area (Å²) < 4.78 is 38.1. The molecule has 0 amide bonds. The number of hydrogen-bond acceptors (Lipinski definition) is 5. The number of sulfonamides is 1. The average Bonchev–Trinajstić information content (AvgIpc) is 3.16. The van der Waals surface area contributed by atoms with Crippen molar-refractivity contribution in [2.75, 3.05) is 13.7 Å². The number of nitrogens with zero attached hydrogens (tertiary/aromatic N) is 2. The van der Waals surface area contributed by atoms with Crippen molar-refractivity contribution in [2.45, 2.75) is 24.8 Å². The van der Waals surface area contributed by atoms with E-state index in [1.807, 2.05) is 31.2 Å². The van der Waals surface area contributed by atoms with Gasteiger partial charge in [-0.05, 0) is 30.7 Å². The first kappa shape index (κ1) is 19.1. The highest BCUT2D eigenvalue weighted by atomic mass is 32.2. The van der Waals surface area contributed by atoms with Crippen molar-refractivity contribution in [3.8, 4) is 17.1 Å². The van der Waals surface area contributed by atoms with Gasteiger partial charge in [-0.2, -0.15) is 4.31 Å². The Labute approximate surface area is 159 Å². The Balaban J connectivity index is 1.87. The van der Waals surface area contributed by atoms with E-state index in [1.165, 1.54) is 4.31 Å². The minimum absolute atomic E-state index is 0.143. The fourth-order valence-corrected chi connectivity index (χ4v) is 4.34. The summed E-state index contributed by atoms with van der Waals surface area (Å²) in [5, 5.41) is 4.06. The molecule has 0 aliphatic heterocycles. The zero-order valence-corrected chi connectivity index (χ0v) is 16.1. The van der Waals surface area contributed by atoms with Crippen molar-refractivity contribution in [3.05, 3.63) is 66.4 Å². The SMILES string of the molecule is CCCN(Cc1cc(-c2ccccc2OC)on1)S(=O)(=O)c1ccccc1. The van der Waals surface area contributed by atoms with Crippen LogP contribution in [0.4, 0.5) is 0 Å². The number of aromatic nitrogens is 1. The summed E-state index contributed by atoms with van der Waals surface area (Å²) in [6.07, 6.45) is 0.698. The summed E-state index contributed by atoms with van der Waals surface area (Å²) >= 11 is 0. The molecule has 2 aromatic carbocycles. The lowest BCUT2D eigenvalue weighted by Crippen LogP contribution is -2.31. The van der Waals surface area contributed by atoms with Crippen LogP contribution in [0.1, 0.15) is 19.0 Å². The van der Waals surface area contributed by atoms with Crippen molar-refractivity contribution < 1.29 is 17.7 Å². The predicted molar refractivity (Wildman–Crippen MR) is 103 cm³/mol. The molecule has 0 unspecified atom stereocenters. The molecule has 3 rings (SSSR count). The van der Waals surface area contributed by atoms with Crippen molar-refractivity contribution in [3.63, 3.8) is 0 Å². The van der Waals surface area contributed by atoms with Gasteiger partial charge in [0.25, 0.3) is 0 Å². The third-order valence-electron chi connectivity index (χ3n) is 4.12. The number of ether oxygens (including phenoxy) is 1. The van der Waals surface area contributed by atoms with Gasteiger partial charge in [0.1, 0.15) is 5.75 Å². The van der Waals surface area contributed by atoms with Gasteiger partial charge in [0.2, 0.25) is 10.0 Å². The topological polar surface area (TPSA) is 72.6 Å². The quantitative estimate of drug-likeness (QED) is 0.586. The molecule has 0 saturated carbocycles. The molecule has 0 N–H and O–H groups in total. The third-order valence-corrected chi connectivity index (χ3v) is 5.98. The van der Waals surface area contributed by atoms with Gasteiger partial charge in [-0.3, -0.25) is 0 Å². The van der Waals surface area contributed by atoms with Crippen molar-refractivity contribution in [1.29, 1.82) is 0 Å². The number of rotatable bonds is 8. The largest absolute Gasteiger partial charge is 0.496 e. The van der Waals surface area contributed by atoms with Crippen LogP contribution < -0.4 is 4.74 Å². The Bertz CT molecular complexity index is 984. The number of para-hydroxylation sites is 1. The zero-order valence-electron chi connectivity index (χ0n) is 15.3. The first-order valence-corrected chi connectivity index (χ1v) is 10.1. The standard InChI is InChI=1S/C20H22N2O4S/c1-3-13-22(27(23,24)17-9-5-4-6-10-17)15-16-14-20(26-21-16)18-11-7-8-12-19(18)25-2/h4-12,14H,3,13,15H2,1-2H3. The van der Waals surface area contributed by atoms with Crippen molar-refractivity contribution >= 4 is 10.0 Å². The van der Waals surface area contributed by atoms with Crippen LogP contribution in [-0.4, -0.2) is 31.5 Å². The maximum Gasteiger partial charge on any atom is 0.243 e. The predicted octanol–water partition coefficient (Wildman–Crippen LogP) is 3.95. The number of benzene rings is 2. The summed E-state index contributed by atoms with van der Waals surface area (Å²) in [4.78, 5) is 0.270. The second-order valence-electron chi connectivity index (χ2n) is 6.03. The second-order valence-corrected chi connectivity index (χ2v) is 7.97. The molecule has 27 heavy (non-hydrogen) atoms. The lowest BCUT2D eigenvalue weighted by Gasteiger charge is -2.20. The molecule has 0 aliphatic rings. The molecule has 0 aliphatic carbocycles. The number of methoxy groups -OCH3 is 1. The molecule has 0 fully saturated rings. The summed E-state index contributed by atoms with van der Waals surface area (Å²) in [5.74, 6) is 1.21. The molecular weight excluding hydrogens is 364 g/mol. The molecule has 1 aromatic heterocycles. The maximum atomic E-state index is 13.0. The van der Waals surface area contributed by atoms with Crippen LogP contribution in [0.2, 0.25) is 0 Å². The average molecular weight is 386 g/mol. The van der Waals surface area contributed by atoms with E-state index < -0.39 is 10.0 Å². The molecular formula is C20H22N2O4S. The Morgan fingerprint density at radius 2 is 1.78 bits per heavy atom. The van der Waals surface area contributed by atoms with Gasteiger partial charge in [-0.25, -0.2) is 8.42 Å². The highest BCUT2D eigenvalue weighted by Crippen LogP contribution is 2.30. The van der Waals surface area contributed by atoms with Gasteiger partial charge in [-0.1, -0.05) is 42.4 Å². The first-order chi connectivity index (χ1) is 13.1. The highest BCUT2D eigenvalue weighted by molar-refractivity contribution is 7.89. The molecule has 3 aromatic rings. The van der Waals surface area contributed by atoms with E-state index in [1.54, 1.807) is 43.5 Å². The van der Waals surface area contributed by atoms with E-state index in [-0.39, 0.29) is 11.4 Å². The van der Waals surface area contributed by atoms with Crippen LogP contribution in [0.5, 0.6) is 5.75 Å². The lowest BCUT2D eigenvalue weighted by atomic mass is 10.1. The monoisotopic (exact) mass is 386 g/mol. The Morgan fingerprint density at radius 3 is 2.48 bits per heavy atom. The van der Waals surface area contributed by atoms with Crippen LogP contribution in [0.15, 0.2) is 70.1 Å². The van der Waals surface area contributed by atoms with E-state index in [0.717, 1.165) is 5.56 Å². The minimum Gasteiger partial charge on any atom is -0.496 e. The normalized spacial score (nSPS) is 11.7. The van der Waals surface area contributed by atoms with Crippen LogP contribution in [-0.2, 0) is 16.6 Å².